The highest BCUT2D eigenvalue weighted by atomic mass is 16.2. The Morgan fingerprint density at radius 1 is 1.88 bits per heavy atom. The molecule has 46 valence electrons. The van der Waals surface area contributed by atoms with Crippen molar-refractivity contribution in [3.63, 3.8) is 0 Å². The van der Waals surface area contributed by atoms with Gasteiger partial charge in [0.05, 0.1) is 6.04 Å². The number of nitrogens with two attached hydrogens (primary N) is 1. The van der Waals surface area contributed by atoms with Crippen LogP contribution in [-0.2, 0) is 4.79 Å². The van der Waals surface area contributed by atoms with E-state index in [-0.39, 0.29) is 18.0 Å². The van der Waals surface area contributed by atoms with Crippen LogP contribution in [0.1, 0.15) is 13.3 Å². The molecular weight excluding hydrogens is 104 g/mol. The third-order valence-corrected chi connectivity index (χ3v) is 1.33. The third-order valence-electron chi connectivity index (χ3n) is 1.33. The molecule has 0 bridgehead atoms. The molecule has 1 unspecified atom stereocenters. The molecule has 3 nitrogen and oxygen atoms in total. The van der Waals surface area contributed by atoms with Gasteiger partial charge in [-0.1, -0.05) is 0 Å². The Morgan fingerprint density at radius 2 is 2.50 bits per heavy atom. The molecule has 0 spiro atoms. The topological polar surface area (TPSA) is 55.1 Å². The SMILES string of the molecule is CC1C[C@H](N)C(=O)N1. The molecule has 0 aromatic rings. The standard InChI is InChI=1S/C5H10N2O/c1-3-2-4(6)5(8)7-3/h3-4H,2,6H2,1H3,(H,7,8)/t3?,4-/m0/s1. The zero-order chi connectivity index (χ0) is 6.15. The summed E-state index contributed by atoms with van der Waals surface area (Å²) in [6.07, 6.45) is 0.777. The maximum absolute atomic E-state index is 10.5. The molecule has 2 atom stereocenters. The lowest BCUT2D eigenvalue weighted by Gasteiger charge is -1.95. The highest BCUT2D eigenvalue weighted by molar-refractivity contribution is 5.83. The first-order valence-corrected chi connectivity index (χ1v) is 2.76. The van der Waals surface area contributed by atoms with Crippen molar-refractivity contribution in [2.24, 2.45) is 5.73 Å². The van der Waals surface area contributed by atoms with Gasteiger partial charge in [-0.3, -0.25) is 4.79 Å². The lowest BCUT2D eigenvalue weighted by molar-refractivity contribution is -0.120. The molecule has 0 aromatic carbocycles. The van der Waals surface area contributed by atoms with Gasteiger partial charge in [0.1, 0.15) is 0 Å². The summed E-state index contributed by atoms with van der Waals surface area (Å²) in [6, 6.07) is 0.0162. The summed E-state index contributed by atoms with van der Waals surface area (Å²) >= 11 is 0. The largest absolute Gasteiger partial charge is 0.352 e. The van der Waals surface area contributed by atoms with Crippen LogP contribution in [0.5, 0.6) is 0 Å². The summed E-state index contributed by atoms with van der Waals surface area (Å²) in [5, 5.41) is 2.70. The third kappa shape index (κ3) is 0.816. The predicted octanol–water partition coefficient (Wildman–Crippen LogP) is -0.778. The van der Waals surface area contributed by atoms with Gasteiger partial charge in [-0.25, -0.2) is 0 Å². The first-order valence-electron chi connectivity index (χ1n) is 2.76. The predicted molar refractivity (Wildman–Crippen MR) is 30.2 cm³/mol. The van der Waals surface area contributed by atoms with Gasteiger partial charge < -0.3 is 11.1 Å². The van der Waals surface area contributed by atoms with E-state index in [9.17, 15) is 4.79 Å². The van der Waals surface area contributed by atoms with Crippen LogP contribution in [0.2, 0.25) is 0 Å². The summed E-state index contributed by atoms with van der Waals surface area (Å²) in [5.74, 6) is -0.0162. The zero-order valence-corrected chi connectivity index (χ0v) is 4.85. The van der Waals surface area contributed by atoms with Gasteiger partial charge in [0.15, 0.2) is 0 Å². The van der Waals surface area contributed by atoms with Gasteiger partial charge in [-0.2, -0.15) is 0 Å². The van der Waals surface area contributed by atoms with Crippen LogP contribution in [0.15, 0.2) is 0 Å². The van der Waals surface area contributed by atoms with E-state index in [1.807, 2.05) is 6.92 Å². The van der Waals surface area contributed by atoms with Crippen LogP contribution in [0.25, 0.3) is 0 Å². The molecule has 1 amide bonds. The minimum atomic E-state index is -0.259. The fraction of sp³-hybridized carbons (Fsp3) is 0.800. The van der Waals surface area contributed by atoms with Crippen LogP contribution in [0.4, 0.5) is 0 Å². The molecule has 1 aliphatic heterocycles. The number of carbonyl (C=O) groups excluding carboxylic acids is 1. The average molecular weight is 114 g/mol. The first kappa shape index (κ1) is 5.56. The van der Waals surface area contributed by atoms with Gasteiger partial charge in [0.2, 0.25) is 5.91 Å². The van der Waals surface area contributed by atoms with Crippen molar-refractivity contribution < 1.29 is 4.79 Å². The summed E-state index contributed by atoms with van der Waals surface area (Å²) in [6.45, 7) is 1.95. The van der Waals surface area contributed by atoms with E-state index in [1.54, 1.807) is 0 Å². The van der Waals surface area contributed by atoms with E-state index in [2.05, 4.69) is 5.32 Å². The Labute approximate surface area is 48.2 Å². The number of rotatable bonds is 0. The van der Waals surface area contributed by atoms with E-state index in [4.69, 9.17) is 5.73 Å². The maximum Gasteiger partial charge on any atom is 0.237 e. The van der Waals surface area contributed by atoms with Crippen molar-refractivity contribution in [1.29, 1.82) is 0 Å². The smallest absolute Gasteiger partial charge is 0.237 e. The molecule has 1 aliphatic rings. The summed E-state index contributed by atoms with van der Waals surface area (Å²) in [4.78, 5) is 10.5. The Morgan fingerprint density at radius 3 is 2.62 bits per heavy atom. The number of carbonyl (C=O) groups is 1. The van der Waals surface area contributed by atoms with Crippen LogP contribution >= 0.6 is 0 Å². The van der Waals surface area contributed by atoms with E-state index in [0.717, 1.165) is 6.42 Å². The molecule has 3 N–H and O–H groups in total. The van der Waals surface area contributed by atoms with Crippen molar-refractivity contribution in [2.45, 2.75) is 25.4 Å². The highest BCUT2D eigenvalue weighted by Gasteiger charge is 2.24. The Kier molecular flexibility index (Phi) is 1.21. The van der Waals surface area contributed by atoms with E-state index in [1.165, 1.54) is 0 Å². The second-order valence-corrected chi connectivity index (χ2v) is 2.25. The second-order valence-electron chi connectivity index (χ2n) is 2.25. The Bertz CT molecular complexity index is 113. The number of nitrogens with one attached hydrogen (secondary N) is 1. The Balaban J connectivity index is 2.51. The molecule has 0 aliphatic carbocycles. The van der Waals surface area contributed by atoms with Gasteiger partial charge in [0, 0.05) is 6.04 Å². The molecule has 1 saturated heterocycles. The van der Waals surface area contributed by atoms with Gasteiger partial charge in [0.25, 0.3) is 0 Å². The molecule has 1 fully saturated rings. The lowest BCUT2D eigenvalue weighted by atomic mass is 10.2. The van der Waals surface area contributed by atoms with Crippen molar-refractivity contribution >= 4 is 5.91 Å². The minimum absolute atomic E-state index is 0.0162. The molecule has 1 rings (SSSR count). The number of hydrogen-bond acceptors (Lipinski definition) is 2. The van der Waals surface area contributed by atoms with Crippen molar-refractivity contribution in [3.8, 4) is 0 Å². The van der Waals surface area contributed by atoms with E-state index in [0.29, 0.717) is 0 Å². The second kappa shape index (κ2) is 1.74. The quantitative estimate of drug-likeness (QED) is 0.434. The van der Waals surface area contributed by atoms with Crippen LogP contribution < -0.4 is 11.1 Å². The maximum atomic E-state index is 10.5. The highest BCUT2D eigenvalue weighted by Crippen LogP contribution is 2.03. The van der Waals surface area contributed by atoms with E-state index >= 15 is 0 Å². The molecule has 3 heteroatoms. The normalized spacial score (nSPS) is 37.5. The van der Waals surface area contributed by atoms with Crippen molar-refractivity contribution in [1.82, 2.24) is 5.32 Å². The van der Waals surface area contributed by atoms with Crippen LogP contribution in [0.3, 0.4) is 0 Å². The lowest BCUT2D eigenvalue weighted by Crippen LogP contribution is -2.30. The van der Waals surface area contributed by atoms with Gasteiger partial charge in [-0.15, -0.1) is 0 Å². The van der Waals surface area contributed by atoms with Gasteiger partial charge in [-0.05, 0) is 13.3 Å². The Hall–Kier alpha value is -0.570. The van der Waals surface area contributed by atoms with Crippen molar-refractivity contribution in [2.75, 3.05) is 0 Å². The molecule has 1 heterocycles. The molecule has 8 heavy (non-hydrogen) atoms. The van der Waals surface area contributed by atoms with Gasteiger partial charge >= 0.3 is 0 Å². The summed E-state index contributed by atoms with van der Waals surface area (Å²) in [7, 11) is 0. The number of amides is 1. The minimum Gasteiger partial charge on any atom is -0.352 e. The molecule has 0 saturated carbocycles. The monoisotopic (exact) mass is 114 g/mol. The summed E-state index contributed by atoms with van der Waals surface area (Å²) < 4.78 is 0. The number of hydrogen-bond donors (Lipinski definition) is 2. The fourth-order valence-electron chi connectivity index (χ4n) is 0.897. The summed E-state index contributed by atoms with van der Waals surface area (Å²) in [5.41, 5.74) is 5.36. The zero-order valence-electron chi connectivity index (χ0n) is 4.85. The fourth-order valence-corrected chi connectivity index (χ4v) is 0.897. The van der Waals surface area contributed by atoms with Crippen molar-refractivity contribution in [3.05, 3.63) is 0 Å². The van der Waals surface area contributed by atoms with Crippen LogP contribution in [0, 0.1) is 0 Å². The molecular formula is C5H10N2O. The molecule has 0 aromatic heterocycles. The van der Waals surface area contributed by atoms with E-state index < -0.39 is 0 Å². The van der Waals surface area contributed by atoms with Crippen LogP contribution in [-0.4, -0.2) is 18.0 Å². The average Bonchev–Trinajstić information content (AvgIpc) is 1.85. The first-order chi connectivity index (χ1) is 3.70. The molecule has 0 radical (unpaired) electrons.